The molecule has 3 rings (SSSR count). The fourth-order valence-electron chi connectivity index (χ4n) is 2.80. The zero-order valence-electron chi connectivity index (χ0n) is 15.8. The molecule has 0 bridgehead atoms. The van der Waals surface area contributed by atoms with Crippen molar-refractivity contribution in [1.82, 2.24) is 4.98 Å². The van der Waals surface area contributed by atoms with Crippen LogP contribution in [-0.4, -0.2) is 24.5 Å². The summed E-state index contributed by atoms with van der Waals surface area (Å²) in [6, 6.07) is 16.9. The van der Waals surface area contributed by atoms with E-state index in [1.807, 2.05) is 37.3 Å². The van der Waals surface area contributed by atoms with Gasteiger partial charge in [-0.05, 0) is 54.8 Å². The molecule has 2 aromatic carbocycles. The van der Waals surface area contributed by atoms with Crippen molar-refractivity contribution in [3.63, 3.8) is 0 Å². The number of benzene rings is 2. The van der Waals surface area contributed by atoms with E-state index in [1.165, 1.54) is 0 Å². The Morgan fingerprint density at radius 3 is 2.68 bits per heavy atom. The number of rotatable bonds is 7. The number of nitrogens with one attached hydrogen (secondary N) is 2. The zero-order valence-corrected chi connectivity index (χ0v) is 16.6. The molecule has 3 aromatic rings. The van der Waals surface area contributed by atoms with Gasteiger partial charge >= 0.3 is 0 Å². The molecule has 1 aromatic heterocycles. The van der Waals surface area contributed by atoms with E-state index in [2.05, 4.69) is 15.6 Å². The summed E-state index contributed by atoms with van der Waals surface area (Å²) >= 11 is 6.10. The highest BCUT2D eigenvalue weighted by Crippen LogP contribution is 2.23. The number of methoxy groups -OCH3 is 1. The Balaban J connectivity index is 1.57. The average molecular weight is 396 g/mol. The summed E-state index contributed by atoms with van der Waals surface area (Å²) < 4.78 is 5.36. The predicted molar refractivity (Wildman–Crippen MR) is 114 cm³/mol. The Morgan fingerprint density at radius 1 is 1.11 bits per heavy atom. The number of hydrogen-bond acceptors (Lipinski definition) is 4. The first-order valence-corrected chi connectivity index (χ1v) is 9.34. The monoisotopic (exact) mass is 395 g/mol. The van der Waals surface area contributed by atoms with Gasteiger partial charge in [0.25, 0.3) is 5.91 Å². The minimum atomic E-state index is -0.224. The van der Waals surface area contributed by atoms with Crippen molar-refractivity contribution in [2.75, 3.05) is 24.3 Å². The SMILES string of the molecule is COc1ccccc1CCNc1ccc(C(=O)Nc2cccc(Cl)c2C)cn1. The summed E-state index contributed by atoms with van der Waals surface area (Å²) in [5.74, 6) is 1.37. The van der Waals surface area contributed by atoms with Gasteiger partial charge in [0.15, 0.2) is 0 Å². The number of carbonyl (C=O) groups excluding carboxylic acids is 1. The van der Waals surface area contributed by atoms with Gasteiger partial charge in [0.2, 0.25) is 0 Å². The molecule has 1 heterocycles. The van der Waals surface area contributed by atoms with Crippen LogP contribution in [-0.2, 0) is 6.42 Å². The van der Waals surface area contributed by atoms with Crippen molar-refractivity contribution < 1.29 is 9.53 Å². The smallest absolute Gasteiger partial charge is 0.257 e. The third-order valence-electron chi connectivity index (χ3n) is 4.43. The second-order valence-corrected chi connectivity index (χ2v) is 6.69. The number of halogens is 1. The molecule has 0 saturated heterocycles. The largest absolute Gasteiger partial charge is 0.496 e. The van der Waals surface area contributed by atoms with Crippen LogP contribution in [0, 0.1) is 6.92 Å². The summed E-state index contributed by atoms with van der Waals surface area (Å²) in [5, 5.41) is 6.74. The highest BCUT2D eigenvalue weighted by Gasteiger charge is 2.10. The van der Waals surface area contributed by atoms with E-state index < -0.39 is 0 Å². The van der Waals surface area contributed by atoms with Crippen LogP contribution in [0.5, 0.6) is 5.75 Å². The number of nitrogens with zero attached hydrogens (tertiary/aromatic N) is 1. The molecule has 28 heavy (non-hydrogen) atoms. The fourth-order valence-corrected chi connectivity index (χ4v) is 2.98. The van der Waals surface area contributed by atoms with Gasteiger partial charge in [-0.1, -0.05) is 35.9 Å². The molecule has 0 aliphatic rings. The number of anilines is 2. The first-order valence-electron chi connectivity index (χ1n) is 8.97. The van der Waals surface area contributed by atoms with E-state index in [0.717, 1.165) is 23.3 Å². The molecule has 2 N–H and O–H groups in total. The number of para-hydroxylation sites is 1. The predicted octanol–water partition coefficient (Wildman–Crippen LogP) is 4.96. The molecule has 0 radical (unpaired) electrons. The Hall–Kier alpha value is -3.05. The number of amides is 1. The van der Waals surface area contributed by atoms with E-state index in [1.54, 1.807) is 37.6 Å². The van der Waals surface area contributed by atoms with Crippen LogP contribution in [0.1, 0.15) is 21.5 Å². The molecule has 144 valence electrons. The lowest BCUT2D eigenvalue weighted by atomic mass is 10.1. The second kappa shape index (κ2) is 9.24. The van der Waals surface area contributed by atoms with Crippen molar-refractivity contribution in [3.05, 3.63) is 82.5 Å². The molecule has 0 aliphatic heterocycles. The van der Waals surface area contributed by atoms with Crippen LogP contribution in [0.25, 0.3) is 0 Å². The minimum Gasteiger partial charge on any atom is -0.496 e. The third kappa shape index (κ3) is 4.81. The van der Waals surface area contributed by atoms with Crippen LogP contribution < -0.4 is 15.4 Å². The first kappa shape index (κ1) is 19.7. The lowest BCUT2D eigenvalue weighted by Crippen LogP contribution is -2.14. The van der Waals surface area contributed by atoms with Gasteiger partial charge in [0.05, 0.1) is 12.7 Å². The quantitative estimate of drug-likeness (QED) is 0.593. The van der Waals surface area contributed by atoms with Gasteiger partial charge in [0.1, 0.15) is 11.6 Å². The summed E-state index contributed by atoms with van der Waals surface area (Å²) in [6.45, 7) is 2.57. The Bertz CT molecular complexity index is 958. The molecule has 1 amide bonds. The molecule has 0 fully saturated rings. The van der Waals surface area contributed by atoms with E-state index in [0.29, 0.717) is 28.6 Å². The van der Waals surface area contributed by atoms with Crippen LogP contribution in [0.15, 0.2) is 60.8 Å². The van der Waals surface area contributed by atoms with E-state index in [-0.39, 0.29) is 5.91 Å². The highest BCUT2D eigenvalue weighted by atomic mass is 35.5. The Morgan fingerprint density at radius 2 is 1.93 bits per heavy atom. The minimum absolute atomic E-state index is 0.224. The van der Waals surface area contributed by atoms with Gasteiger partial charge in [-0.25, -0.2) is 4.98 Å². The molecule has 0 spiro atoms. The normalized spacial score (nSPS) is 10.4. The van der Waals surface area contributed by atoms with Gasteiger partial charge in [-0.3, -0.25) is 4.79 Å². The number of aromatic nitrogens is 1. The van der Waals surface area contributed by atoms with Crippen LogP contribution in [0.3, 0.4) is 0 Å². The summed E-state index contributed by atoms with van der Waals surface area (Å²) in [5.41, 5.74) is 3.14. The van der Waals surface area contributed by atoms with Crippen molar-refractivity contribution in [2.24, 2.45) is 0 Å². The van der Waals surface area contributed by atoms with E-state index in [4.69, 9.17) is 16.3 Å². The van der Waals surface area contributed by atoms with Gasteiger partial charge in [0, 0.05) is 23.5 Å². The fraction of sp³-hybridized carbons (Fsp3) is 0.182. The maximum atomic E-state index is 12.4. The number of pyridine rings is 1. The Kier molecular flexibility index (Phi) is 6.50. The van der Waals surface area contributed by atoms with Crippen molar-refractivity contribution >= 4 is 29.0 Å². The Labute approximate surface area is 169 Å². The molecule has 5 nitrogen and oxygen atoms in total. The number of ether oxygens (including phenoxy) is 1. The van der Waals surface area contributed by atoms with Crippen molar-refractivity contribution in [1.29, 1.82) is 0 Å². The maximum absolute atomic E-state index is 12.4. The molecular formula is C22H22ClN3O2. The molecule has 6 heteroatoms. The summed E-state index contributed by atoms with van der Waals surface area (Å²) in [7, 11) is 1.67. The standard InChI is InChI=1S/C22H22ClN3O2/c1-15-18(23)7-5-8-19(15)26-22(27)17-10-11-21(25-14-17)24-13-12-16-6-3-4-9-20(16)28-2/h3-11,14H,12-13H2,1-2H3,(H,24,25)(H,26,27). The summed E-state index contributed by atoms with van der Waals surface area (Å²) in [6.07, 6.45) is 2.36. The van der Waals surface area contributed by atoms with Crippen LogP contribution in [0.2, 0.25) is 5.02 Å². The maximum Gasteiger partial charge on any atom is 0.257 e. The highest BCUT2D eigenvalue weighted by molar-refractivity contribution is 6.31. The lowest BCUT2D eigenvalue weighted by molar-refractivity contribution is 0.102. The van der Waals surface area contributed by atoms with Crippen molar-refractivity contribution in [2.45, 2.75) is 13.3 Å². The number of hydrogen-bond donors (Lipinski definition) is 2. The first-order chi connectivity index (χ1) is 13.6. The topological polar surface area (TPSA) is 63.2 Å². The molecular weight excluding hydrogens is 374 g/mol. The van der Waals surface area contributed by atoms with Gasteiger partial charge in [-0.15, -0.1) is 0 Å². The molecule has 0 saturated carbocycles. The van der Waals surface area contributed by atoms with E-state index in [9.17, 15) is 4.79 Å². The lowest BCUT2D eigenvalue weighted by Gasteiger charge is -2.11. The molecule has 0 unspecified atom stereocenters. The van der Waals surface area contributed by atoms with Gasteiger partial charge < -0.3 is 15.4 Å². The number of carbonyl (C=O) groups is 1. The third-order valence-corrected chi connectivity index (χ3v) is 4.84. The average Bonchev–Trinajstić information content (AvgIpc) is 2.72. The van der Waals surface area contributed by atoms with E-state index >= 15 is 0 Å². The summed E-state index contributed by atoms with van der Waals surface area (Å²) in [4.78, 5) is 16.8. The van der Waals surface area contributed by atoms with Crippen LogP contribution in [0.4, 0.5) is 11.5 Å². The van der Waals surface area contributed by atoms with Crippen molar-refractivity contribution in [3.8, 4) is 5.75 Å². The van der Waals surface area contributed by atoms with Crippen LogP contribution >= 0.6 is 11.6 Å². The molecule has 0 aliphatic carbocycles. The zero-order chi connectivity index (χ0) is 19.9. The van der Waals surface area contributed by atoms with Gasteiger partial charge in [-0.2, -0.15) is 0 Å². The second-order valence-electron chi connectivity index (χ2n) is 6.29. The molecule has 0 atom stereocenters.